The average molecular weight is 549 g/mol. The van der Waals surface area contributed by atoms with Crippen molar-refractivity contribution in [1.29, 1.82) is 0 Å². The van der Waals surface area contributed by atoms with E-state index in [1.807, 2.05) is 0 Å². The van der Waals surface area contributed by atoms with Gasteiger partial charge in [0.05, 0.1) is 18.8 Å². The number of nitrogens with zero attached hydrogens (tertiary/aromatic N) is 4. The van der Waals surface area contributed by atoms with Crippen LogP contribution >= 0.6 is 11.3 Å². The molecular formula is C30H36N4O4S. The highest BCUT2D eigenvalue weighted by Crippen LogP contribution is 2.40. The predicted molar refractivity (Wildman–Crippen MR) is 152 cm³/mol. The number of carbonyl (C=O) groups is 1. The van der Waals surface area contributed by atoms with E-state index in [0.717, 1.165) is 86.2 Å². The second kappa shape index (κ2) is 10.6. The lowest BCUT2D eigenvalue weighted by molar-refractivity contribution is -0.312. The van der Waals surface area contributed by atoms with Crippen LogP contribution in [-0.2, 0) is 9.47 Å². The van der Waals surface area contributed by atoms with Crippen molar-refractivity contribution in [3.8, 4) is 21.1 Å². The van der Waals surface area contributed by atoms with Gasteiger partial charge < -0.3 is 19.5 Å². The van der Waals surface area contributed by atoms with Crippen LogP contribution in [0.15, 0.2) is 48.5 Å². The Morgan fingerprint density at radius 1 is 0.872 bits per heavy atom. The molecule has 0 amide bonds. The molecule has 2 saturated heterocycles. The predicted octanol–water partition coefficient (Wildman–Crippen LogP) is 5.40. The minimum atomic E-state index is -0.933. The van der Waals surface area contributed by atoms with Crippen LogP contribution < -0.4 is 4.90 Å². The zero-order valence-electron chi connectivity index (χ0n) is 22.6. The number of anilines is 1. The summed E-state index contributed by atoms with van der Waals surface area (Å²) in [5, 5.41) is 19.4. The number of aromatic carboxylic acids is 1. The lowest BCUT2D eigenvalue weighted by Gasteiger charge is -2.49. The summed E-state index contributed by atoms with van der Waals surface area (Å²) in [6, 6.07) is 16.0. The normalized spacial score (nSPS) is 21.7. The van der Waals surface area contributed by atoms with Crippen LogP contribution in [-0.4, -0.2) is 77.4 Å². The Balaban J connectivity index is 1.01. The Hall–Kier alpha value is -2.85. The van der Waals surface area contributed by atoms with Crippen molar-refractivity contribution in [1.82, 2.24) is 15.1 Å². The Bertz CT molecular complexity index is 1280. The van der Waals surface area contributed by atoms with Crippen molar-refractivity contribution >= 4 is 23.0 Å². The minimum absolute atomic E-state index is 0.119. The fourth-order valence-electron chi connectivity index (χ4n) is 5.81. The van der Waals surface area contributed by atoms with Gasteiger partial charge in [0.2, 0.25) is 0 Å². The number of piperazine rings is 1. The first kappa shape index (κ1) is 26.4. The van der Waals surface area contributed by atoms with E-state index in [0.29, 0.717) is 6.04 Å². The number of carboxylic acids is 1. The molecule has 2 aliphatic heterocycles. The SMILES string of the molecule is CC1(C)COC2(CCC(N3CCN(c4ccc(-c5nnc(-c6ccc(C(=O)O)cc6)s5)cc4)CC3)CC2)OC1. The van der Waals surface area contributed by atoms with Crippen molar-refractivity contribution < 1.29 is 19.4 Å². The maximum absolute atomic E-state index is 11.1. The number of carboxylic acid groups (broad SMARTS) is 1. The van der Waals surface area contributed by atoms with E-state index in [9.17, 15) is 4.79 Å². The number of aromatic nitrogens is 2. The molecule has 3 aliphatic rings. The van der Waals surface area contributed by atoms with Crippen LogP contribution in [0.1, 0.15) is 49.9 Å². The maximum atomic E-state index is 11.1. The Labute approximate surface area is 233 Å². The summed E-state index contributed by atoms with van der Waals surface area (Å²) in [6.07, 6.45) is 4.28. The fourth-order valence-corrected chi connectivity index (χ4v) is 6.66. The zero-order chi connectivity index (χ0) is 27.0. The van der Waals surface area contributed by atoms with Crippen LogP contribution in [0.2, 0.25) is 0 Å². The monoisotopic (exact) mass is 548 g/mol. The molecule has 3 fully saturated rings. The molecule has 6 rings (SSSR count). The molecule has 3 heterocycles. The molecule has 9 heteroatoms. The van der Waals surface area contributed by atoms with Gasteiger partial charge >= 0.3 is 5.97 Å². The summed E-state index contributed by atoms with van der Waals surface area (Å²) in [5.74, 6) is -1.27. The Morgan fingerprint density at radius 3 is 1.95 bits per heavy atom. The van der Waals surface area contributed by atoms with Gasteiger partial charge in [-0.15, -0.1) is 10.2 Å². The summed E-state index contributed by atoms with van der Waals surface area (Å²) in [7, 11) is 0. The van der Waals surface area contributed by atoms with Crippen molar-refractivity contribution in [2.45, 2.75) is 51.4 Å². The summed E-state index contributed by atoms with van der Waals surface area (Å²) in [6.45, 7) is 10.2. The van der Waals surface area contributed by atoms with Crippen molar-refractivity contribution in [3.63, 3.8) is 0 Å². The van der Waals surface area contributed by atoms with Gasteiger partial charge in [0, 0.05) is 67.3 Å². The quantitative estimate of drug-likeness (QED) is 0.453. The van der Waals surface area contributed by atoms with Crippen LogP contribution in [0.3, 0.4) is 0 Å². The molecule has 0 radical (unpaired) electrons. The second-order valence-corrected chi connectivity index (χ2v) is 12.7. The number of hydrogen-bond donors (Lipinski definition) is 1. The van der Waals surface area contributed by atoms with E-state index in [2.05, 4.69) is 58.1 Å². The molecule has 8 nitrogen and oxygen atoms in total. The van der Waals surface area contributed by atoms with Gasteiger partial charge in [-0.3, -0.25) is 4.90 Å². The number of rotatable bonds is 5. The van der Waals surface area contributed by atoms with Gasteiger partial charge in [0.1, 0.15) is 10.0 Å². The summed E-state index contributed by atoms with van der Waals surface area (Å²) in [5.41, 5.74) is 3.53. The van der Waals surface area contributed by atoms with E-state index in [-0.39, 0.29) is 16.8 Å². The first-order valence-electron chi connectivity index (χ1n) is 13.8. The van der Waals surface area contributed by atoms with Gasteiger partial charge in [0.15, 0.2) is 5.79 Å². The highest BCUT2D eigenvalue weighted by Gasteiger charge is 2.44. The van der Waals surface area contributed by atoms with E-state index in [4.69, 9.17) is 14.6 Å². The molecule has 1 aliphatic carbocycles. The van der Waals surface area contributed by atoms with E-state index in [1.165, 1.54) is 17.0 Å². The third-order valence-electron chi connectivity index (χ3n) is 8.28. The molecule has 3 aromatic rings. The molecule has 1 aromatic heterocycles. The molecule has 0 atom stereocenters. The largest absolute Gasteiger partial charge is 0.478 e. The maximum Gasteiger partial charge on any atom is 0.335 e. The zero-order valence-corrected chi connectivity index (χ0v) is 23.5. The molecule has 39 heavy (non-hydrogen) atoms. The molecule has 0 bridgehead atoms. The minimum Gasteiger partial charge on any atom is -0.478 e. The third-order valence-corrected chi connectivity index (χ3v) is 9.30. The number of benzene rings is 2. The highest BCUT2D eigenvalue weighted by atomic mass is 32.1. The second-order valence-electron chi connectivity index (χ2n) is 11.7. The topological polar surface area (TPSA) is 88.0 Å². The van der Waals surface area contributed by atoms with Crippen LogP contribution in [0.4, 0.5) is 5.69 Å². The smallest absolute Gasteiger partial charge is 0.335 e. The van der Waals surface area contributed by atoms with Crippen LogP contribution in [0.25, 0.3) is 21.1 Å². The summed E-state index contributed by atoms with van der Waals surface area (Å²) < 4.78 is 12.5. The molecule has 206 valence electrons. The van der Waals surface area contributed by atoms with Crippen LogP contribution in [0.5, 0.6) is 0 Å². The summed E-state index contributed by atoms with van der Waals surface area (Å²) in [4.78, 5) is 16.2. The first-order chi connectivity index (χ1) is 18.8. The van der Waals surface area contributed by atoms with Gasteiger partial charge in [-0.2, -0.15) is 0 Å². The first-order valence-corrected chi connectivity index (χ1v) is 14.7. The molecule has 1 spiro atoms. The van der Waals surface area contributed by atoms with Crippen molar-refractivity contribution in [2.24, 2.45) is 5.41 Å². The summed E-state index contributed by atoms with van der Waals surface area (Å²) >= 11 is 1.51. The number of ether oxygens (including phenoxy) is 2. The molecular weight excluding hydrogens is 512 g/mol. The molecule has 2 aromatic carbocycles. The average Bonchev–Trinajstić information content (AvgIpc) is 3.46. The Morgan fingerprint density at radius 2 is 1.41 bits per heavy atom. The van der Waals surface area contributed by atoms with Crippen LogP contribution in [0, 0.1) is 5.41 Å². The van der Waals surface area contributed by atoms with Crippen molar-refractivity contribution in [3.05, 3.63) is 54.1 Å². The van der Waals surface area contributed by atoms with Crippen molar-refractivity contribution in [2.75, 3.05) is 44.3 Å². The van der Waals surface area contributed by atoms with Gasteiger partial charge in [-0.1, -0.05) is 37.3 Å². The standard InChI is InChI=1S/C30H36N4O4S/c1-29(2)19-37-30(38-20-29)13-11-25(12-14-30)34-17-15-33(16-18-34)24-9-7-22(8-10-24)27-32-31-26(39-27)21-3-5-23(6-4-21)28(35)36/h3-10,25H,11-20H2,1-2H3,(H,35,36). The van der Waals surface area contributed by atoms with Gasteiger partial charge in [0.25, 0.3) is 0 Å². The number of hydrogen-bond acceptors (Lipinski definition) is 8. The van der Waals surface area contributed by atoms with Gasteiger partial charge in [-0.05, 0) is 49.2 Å². The lowest BCUT2D eigenvalue weighted by Crippen LogP contribution is -2.55. The third kappa shape index (κ3) is 5.72. The van der Waals surface area contributed by atoms with E-state index in [1.54, 1.807) is 24.3 Å². The molecule has 1 saturated carbocycles. The molecule has 1 N–H and O–H groups in total. The van der Waals surface area contributed by atoms with E-state index < -0.39 is 5.97 Å². The Kier molecular flexibility index (Phi) is 7.18. The van der Waals surface area contributed by atoms with E-state index >= 15 is 0 Å². The highest BCUT2D eigenvalue weighted by molar-refractivity contribution is 7.17. The van der Waals surface area contributed by atoms with Gasteiger partial charge in [-0.25, -0.2) is 4.79 Å². The lowest BCUT2D eigenvalue weighted by atomic mass is 9.86. The fraction of sp³-hybridized carbons (Fsp3) is 0.500. The molecule has 0 unspecified atom stereocenters.